The van der Waals surface area contributed by atoms with Crippen LogP contribution in [0.4, 0.5) is 0 Å². The fourth-order valence-corrected chi connectivity index (χ4v) is 0. The lowest BCUT2D eigenvalue weighted by atomic mass is 10.1. The van der Waals surface area contributed by atoms with Crippen LogP contribution in [0.25, 0.3) is 0 Å². The predicted octanol–water partition coefficient (Wildman–Crippen LogP) is -0.192. The molecule has 42 valence electrons. The van der Waals surface area contributed by atoms with Crippen LogP contribution in [0.5, 0.6) is 0 Å². The molecule has 0 aromatic heterocycles. The third-order valence-electron chi connectivity index (χ3n) is 0.551. The highest BCUT2D eigenvalue weighted by atomic mass is 16.4. The van der Waals surface area contributed by atoms with Gasteiger partial charge in [-0.15, -0.1) is 0 Å². The van der Waals surface area contributed by atoms with Crippen LogP contribution in [-0.4, -0.2) is 16.6 Å². The highest BCUT2D eigenvalue weighted by molar-refractivity contribution is 5.77. The van der Waals surface area contributed by atoms with E-state index in [0.717, 1.165) is 0 Å². The number of carboxylic acid groups (broad SMARTS) is 1. The fraction of sp³-hybridized carbons (Fsp3) is 0.750. The van der Waals surface area contributed by atoms with Gasteiger partial charge in [0.05, 0.1) is 0 Å². The summed E-state index contributed by atoms with van der Waals surface area (Å²) in [5, 5.41) is 8.12. The molecule has 0 saturated heterocycles. The second-order valence-corrected chi connectivity index (χ2v) is 2.03. The third kappa shape index (κ3) is 2.17. The van der Waals surface area contributed by atoms with Crippen LogP contribution in [0, 0.1) is 0 Å². The Morgan fingerprint density at radius 3 is 1.86 bits per heavy atom. The third-order valence-corrected chi connectivity index (χ3v) is 0.551. The zero-order chi connectivity index (χ0) is 6.08. The number of carbonyl (C=O) groups is 1. The molecule has 0 amide bonds. The monoisotopic (exact) mass is 104 g/mol. The molecule has 0 aromatic carbocycles. The molecule has 0 aliphatic rings. The van der Waals surface area contributed by atoms with Crippen LogP contribution in [0.2, 0.25) is 0 Å². The van der Waals surface area contributed by atoms with Gasteiger partial charge in [-0.2, -0.15) is 0 Å². The molecule has 0 rings (SSSR count). The van der Waals surface area contributed by atoms with Crippen LogP contribution >= 0.6 is 0 Å². The molecule has 0 aliphatic heterocycles. The van der Waals surface area contributed by atoms with Crippen molar-refractivity contribution in [3.8, 4) is 0 Å². The highest BCUT2D eigenvalue weighted by Crippen LogP contribution is 1.93. The molecule has 3 nitrogen and oxygen atoms in total. The molecule has 0 radical (unpaired) electrons. The minimum absolute atomic E-state index is 0.979. The topological polar surface area (TPSA) is 63.3 Å². The first-order valence-corrected chi connectivity index (χ1v) is 1.97. The summed E-state index contributed by atoms with van der Waals surface area (Å²) in [5.74, 6) is -0.979. The van der Waals surface area contributed by atoms with Crippen LogP contribution < -0.4 is 5.73 Å². The summed E-state index contributed by atoms with van der Waals surface area (Å²) in [7, 11) is 0. The van der Waals surface area contributed by atoms with E-state index in [1.807, 2.05) is 0 Å². The minimum atomic E-state index is -1.08. The molecule has 0 spiro atoms. The molecule has 0 heterocycles. The second-order valence-electron chi connectivity index (χ2n) is 2.03. The summed E-state index contributed by atoms with van der Waals surface area (Å²) in [5.41, 5.74) is 4.00. The maximum Gasteiger partial charge on any atom is 0.323 e. The number of carboxylic acids is 1. The first kappa shape index (κ1) is 6.43. The van der Waals surface area contributed by atoms with E-state index in [0.29, 0.717) is 0 Å². The maximum absolute atomic E-state index is 9.90. The van der Waals surface area contributed by atoms with Gasteiger partial charge in [0.2, 0.25) is 0 Å². The van der Waals surface area contributed by atoms with E-state index in [4.69, 9.17) is 10.8 Å². The lowest BCUT2D eigenvalue weighted by Crippen LogP contribution is -2.41. The fourth-order valence-electron chi connectivity index (χ4n) is 0. The summed E-state index contributed by atoms with van der Waals surface area (Å²) in [6.45, 7) is 2.88. The normalized spacial score (nSPS) is 11.3. The summed E-state index contributed by atoms with van der Waals surface area (Å²) >= 11 is 0. The summed E-state index contributed by atoms with van der Waals surface area (Å²) in [6.07, 6.45) is 0. The van der Waals surface area contributed by atoms with Crippen molar-refractivity contribution in [3.05, 3.63) is 0 Å². The van der Waals surface area contributed by atoms with Crippen LogP contribution in [0.1, 0.15) is 13.8 Å². The standard InChI is InChI=1S/C4H9NO2/c1-4(2,5)3(6)7/h5H2,1-2H3,(H,6,7)/i5+1. The molecule has 0 aromatic rings. The van der Waals surface area contributed by atoms with E-state index in [2.05, 4.69) is 0 Å². The van der Waals surface area contributed by atoms with Crippen molar-refractivity contribution in [1.29, 1.82) is 0 Å². The van der Waals surface area contributed by atoms with Crippen molar-refractivity contribution in [3.63, 3.8) is 0 Å². The van der Waals surface area contributed by atoms with Crippen LogP contribution in [-0.2, 0) is 4.79 Å². The Bertz CT molecular complexity index is 82.2. The lowest BCUT2D eigenvalue weighted by Gasteiger charge is -2.09. The molecule has 3 heteroatoms. The van der Waals surface area contributed by atoms with Crippen molar-refractivity contribution in [2.45, 2.75) is 19.4 Å². The first-order chi connectivity index (χ1) is 2.94. The van der Waals surface area contributed by atoms with Gasteiger partial charge in [0, 0.05) is 0 Å². The van der Waals surface area contributed by atoms with Crippen molar-refractivity contribution in [2.75, 3.05) is 0 Å². The Labute approximate surface area is 42.1 Å². The van der Waals surface area contributed by atoms with Gasteiger partial charge in [-0.05, 0) is 13.8 Å². The molecule has 0 unspecified atom stereocenters. The molecule has 0 bridgehead atoms. The van der Waals surface area contributed by atoms with E-state index in [9.17, 15) is 4.79 Å². The Morgan fingerprint density at radius 1 is 1.71 bits per heavy atom. The summed E-state index contributed by atoms with van der Waals surface area (Å²) in [4.78, 5) is 9.90. The molecule has 7 heavy (non-hydrogen) atoms. The van der Waals surface area contributed by atoms with Crippen LogP contribution in [0.15, 0.2) is 0 Å². The Kier molecular flexibility index (Phi) is 1.38. The van der Waals surface area contributed by atoms with E-state index in [1.165, 1.54) is 13.8 Å². The SMILES string of the molecule is CC(C)([15NH2])C(=O)O. The van der Waals surface area contributed by atoms with Gasteiger partial charge < -0.3 is 10.8 Å². The van der Waals surface area contributed by atoms with Gasteiger partial charge in [0.1, 0.15) is 5.54 Å². The average Bonchev–Trinajstić information content (AvgIpc) is 1.31. The largest absolute Gasteiger partial charge is 0.480 e. The molecule has 0 fully saturated rings. The molecular weight excluding hydrogens is 95.0 g/mol. The number of hydrogen-bond acceptors (Lipinski definition) is 2. The van der Waals surface area contributed by atoms with E-state index < -0.39 is 11.5 Å². The average molecular weight is 104 g/mol. The number of aliphatic carboxylic acids is 1. The number of rotatable bonds is 1. The zero-order valence-electron chi connectivity index (χ0n) is 4.43. The second kappa shape index (κ2) is 1.50. The van der Waals surface area contributed by atoms with E-state index in [-0.39, 0.29) is 0 Å². The van der Waals surface area contributed by atoms with Crippen molar-refractivity contribution >= 4 is 5.97 Å². The van der Waals surface area contributed by atoms with E-state index in [1.54, 1.807) is 0 Å². The van der Waals surface area contributed by atoms with Gasteiger partial charge in [-0.1, -0.05) is 0 Å². The Morgan fingerprint density at radius 2 is 1.86 bits per heavy atom. The lowest BCUT2D eigenvalue weighted by molar-refractivity contribution is -0.141. The maximum atomic E-state index is 9.90. The van der Waals surface area contributed by atoms with Crippen molar-refractivity contribution < 1.29 is 9.90 Å². The molecule has 3 N–H and O–H groups in total. The smallest absolute Gasteiger partial charge is 0.323 e. The number of hydrogen-bond donors (Lipinski definition) is 2. The van der Waals surface area contributed by atoms with Gasteiger partial charge in [-0.25, -0.2) is 0 Å². The molecule has 0 aliphatic carbocycles. The van der Waals surface area contributed by atoms with Crippen molar-refractivity contribution in [2.24, 2.45) is 5.73 Å². The van der Waals surface area contributed by atoms with Gasteiger partial charge in [-0.3, -0.25) is 4.79 Å². The molecule has 0 saturated carbocycles. The molecule has 0 atom stereocenters. The van der Waals surface area contributed by atoms with Crippen molar-refractivity contribution in [1.82, 2.24) is 0 Å². The van der Waals surface area contributed by atoms with Gasteiger partial charge >= 0.3 is 5.97 Å². The first-order valence-electron chi connectivity index (χ1n) is 1.97. The summed E-state index contributed by atoms with van der Waals surface area (Å²) < 4.78 is 0. The molecular formula is C4H9NO2. The van der Waals surface area contributed by atoms with E-state index >= 15 is 0 Å². The minimum Gasteiger partial charge on any atom is -0.480 e. The Hall–Kier alpha value is -0.570. The summed E-state index contributed by atoms with van der Waals surface area (Å²) in [6, 6.07) is 0. The predicted molar refractivity (Wildman–Crippen MR) is 25.9 cm³/mol. The zero-order valence-corrected chi connectivity index (χ0v) is 4.43. The highest BCUT2D eigenvalue weighted by Gasteiger charge is 2.19. The van der Waals surface area contributed by atoms with Gasteiger partial charge in [0.15, 0.2) is 0 Å². The Balaban J connectivity index is 3.79. The quantitative estimate of drug-likeness (QED) is 0.453. The number of nitrogens with two attached hydrogens (primary N) is 1. The van der Waals surface area contributed by atoms with Crippen LogP contribution in [0.3, 0.4) is 0 Å². The van der Waals surface area contributed by atoms with Gasteiger partial charge in [0.25, 0.3) is 0 Å².